The van der Waals surface area contributed by atoms with E-state index in [1.165, 1.54) is 5.56 Å². The highest BCUT2D eigenvalue weighted by Crippen LogP contribution is 2.12. The van der Waals surface area contributed by atoms with E-state index in [0.29, 0.717) is 0 Å². The summed E-state index contributed by atoms with van der Waals surface area (Å²) in [6.45, 7) is 1.98. The maximum Gasteiger partial charge on any atom is 0.0931 e. The van der Waals surface area contributed by atoms with Crippen molar-refractivity contribution in [3.8, 4) is 0 Å². The van der Waals surface area contributed by atoms with Crippen LogP contribution >= 0.6 is 11.6 Å². The van der Waals surface area contributed by atoms with Crippen LogP contribution in [0.4, 0.5) is 0 Å². The minimum atomic E-state index is 0.726. The van der Waals surface area contributed by atoms with Crippen molar-refractivity contribution in [1.82, 2.24) is 14.9 Å². The number of fused-ring (bicyclic) bond motifs is 1. The number of nitrogens with one attached hydrogen (secondary N) is 1. The molecular formula is C12H16ClN3. The zero-order chi connectivity index (χ0) is 11.4. The van der Waals surface area contributed by atoms with Gasteiger partial charge >= 0.3 is 0 Å². The number of H-pyrrole nitrogens is 1. The quantitative estimate of drug-likeness (QED) is 0.811. The molecule has 1 N–H and O–H groups in total. The lowest BCUT2D eigenvalue weighted by molar-refractivity contribution is 0.328. The van der Waals surface area contributed by atoms with Crippen molar-refractivity contribution in [2.45, 2.75) is 13.0 Å². The van der Waals surface area contributed by atoms with Crippen LogP contribution in [0.25, 0.3) is 11.0 Å². The summed E-state index contributed by atoms with van der Waals surface area (Å²) in [5, 5.41) is 0. The van der Waals surface area contributed by atoms with E-state index in [4.69, 9.17) is 11.6 Å². The molecule has 0 unspecified atom stereocenters. The van der Waals surface area contributed by atoms with E-state index in [1.807, 2.05) is 0 Å². The van der Waals surface area contributed by atoms with E-state index >= 15 is 0 Å². The third kappa shape index (κ3) is 2.74. The second-order valence-electron chi connectivity index (χ2n) is 4.03. The number of hydrogen-bond donors (Lipinski definition) is 1. The number of hydrogen-bond acceptors (Lipinski definition) is 2. The lowest BCUT2D eigenvalue weighted by atomic mass is 10.2. The molecule has 16 heavy (non-hydrogen) atoms. The summed E-state index contributed by atoms with van der Waals surface area (Å²) in [4.78, 5) is 9.61. The largest absolute Gasteiger partial charge is 0.345 e. The number of alkyl halides is 1. The number of benzene rings is 1. The molecule has 0 fully saturated rings. The standard InChI is InChI=1S/C12H16ClN3/c1-16(6-2-5-13)8-10-3-4-11-12(7-10)15-9-14-11/h3-4,7,9H,2,5-6,8H2,1H3,(H,14,15). The zero-order valence-electron chi connectivity index (χ0n) is 9.41. The molecule has 0 amide bonds. The third-order valence-corrected chi connectivity index (χ3v) is 2.88. The molecule has 4 heteroatoms. The van der Waals surface area contributed by atoms with Crippen molar-refractivity contribution >= 4 is 22.6 Å². The van der Waals surface area contributed by atoms with Crippen LogP contribution in [0.2, 0.25) is 0 Å². The highest BCUT2D eigenvalue weighted by Gasteiger charge is 2.02. The zero-order valence-corrected chi connectivity index (χ0v) is 10.2. The molecule has 0 saturated heterocycles. The van der Waals surface area contributed by atoms with Gasteiger partial charge in [-0.3, -0.25) is 0 Å². The Bertz CT molecular complexity index is 452. The van der Waals surface area contributed by atoms with E-state index in [2.05, 4.69) is 40.1 Å². The Kier molecular flexibility index (Phi) is 3.80. The predicted molar refractivity (Wildman–Crippen MR) is 67.8 cm³/mol. The maximum atomic E-state index is 5.67. The first kappa shape index (κ1) is 11.4. The van der Waals surface area contributed by atoms with Gasteiger partial charge in [-0.2, -0.15) is 0 Å². The van der Waals surface area contributed by atoms with Gasteiger partial charge in [0.25, 0.3) is 0 Å². The molecule has 0 saturated carbocycles. The van der Waals surface area contributed by atoms with Gasteiger partial charge in [0.05, 0.1) is 17.4 Å². The van der Waals surface area contributed by atoms with Gasteiger partial charge < -0.3 is 9.88 Å². The Morgan fingerprint density at radius 2 is 2.31 bits per heavy atom. The summed E-state index contributed by atoms with van der Waals surface area (Å²) in [6, 6.07) is 6.33. The molecule has 1 heterocycles. The molecule has 1 aromatic carbocycles. The van der Waals surface area contributed by atoms with Crippen molar-refractivity contribution < 1.29 is 0 Å². The predicted octanol–water partition coefficient (Wildman–Crippen LogP) is 2.62. The van der Waals surface area contributed by atoms with Crippen molar-refractivity contribution in [3.05, 3.63) is 30.1 Å². The van der Waals surface area contributed by atoms with E-state index < -0.39 is 0 Å². The van der Waals surface area contributed by atoms with Gasteiger partial charge in [-0.05, 0) is 37.7 Å². The summed E-state index contributed by atoms with van der Waals surface area (Å²) in [5.41, 5.74) is 3.42. The monoisotopic (exact) mass is 237 g/mol. The van der Waals surface area contributed by atoms with Crippen molar-refractivity contribution in [2.24, 2.45) is 0 Å². The molecule has 3 nitrogen and oxygen atoms in total. The fourth-order valence-corrected chi connectivity index (χ4v) is 1.92. The number of halogens is 1. The topological polar surface area (TPSA) is 31.9 Å². The molecular weight excluding hydrogens is 222 g/mol. The van der Waals surface area contributed by atoms with E-state index in [1.54, 1.807) is 6.33 Å². The minimum absolute atomic E-state index is 0.726. The molecule has 2 rings (SSSR count). The van der Waals surface area contributed by atoms with Gasteiger partial charge in [-0.25, -0.2) is 4.98 Å². The fourth-order valence-electron chi connectivity index (χ4n) is 1.80. The molecule has 0 aliphatic carbocycles. The molecule has 1 aromatic heterocycles. The van der Waals surface area contributed by atoms with Crippen molar-refractivity contribution in [1.29, 1.82) is 0 Å². The highest BCUT2D eigenvalue weighted by molar-refractivity contribution is 6.17. The van der Waals surface area contributed by atoms with Gasteiger partial charge in [0.1, 0.15) is 0 Å². The van der Waals surface area contributed by atoms with Gasteiger partial charge in [0.15, 0.2) is 0 Å². The third-order valence-electron chi connectivity index (χ3n) is 2.61. The average Bonchev–Trinajstić information content (AvgIpc) is 2.73. The van der Waals surface area contributed by atoms with E-state index in [-0.39, 0.29) is 0 Å². The molecule has 0 atom stereocenters. The fraction of sp³-hybridized carbons (Fsp3) is 0.417. The summed E-state index contributed by atoms with van der Waals surface area (Å²) in [6.07, 6.45) is 2.76. The molecule has 0 radical (unpaired) electrons. The van der Waals surface area contributed by atoms with Crippen LogP contribution in [0.1, 0.15) is 12.0 Å². The van der Waals surface area contributed by atoms with Crippen molar-refractivity contribution in [3.63, 3.8) is 0 Å². The lowest BCUT2D eigenvalue weighted by Gasteiger charge is -2.15. The summed E-state index contributed by atoms with van der Waals surface area (Å²) in [5.74, 6) is 0.726. The Hall–Kier alpha value is -1.06. The van der Waals surface area contributed by atoms with Crippen LogP contribution in [-0.2, 0) is 6.54 Å². The van der Waals surface area contributed by atoms with Gasteiger partial charge in [-0.15, -0.1) is 11.6 Å². The van der Waals surface area contributed by atoms with E-state index in [9.17, 15) is 0 Å². The molecule has 0 bridgehead atoms. The lowest BCUT2D eigenvalue weighted by Crippen LogP contribution is -2.19. The molecule has 2 aromatic rings. The first-order chi connectivity index (χ1) is 7.79. The summed E-state index contributed by atoms with van der Waals surface area (Å²) < 4.78 is 0. The van der Waals surface area contributed by atoms with Crippen LogP contribution in [0.15, 0.2) is 24.5 Å². The van der Waals surface area contributed by atoms with Crippen LogP contribution in [-0.4, -0.2) is 34.3 Å². The van der Waals surface area contributed by atoms with Crippen LogP contribution in [0.3, 0.4) is 0 Å². The average molecular weight is 238 g/mol. The smallest absolute Gasteiger partial charge is 0.0931 e. The van der Waals surface area contributed by atoms with Crippen LogP contribution in [0, 0.1) is 0 Å². The van der Waals surface area contributed by atoms with E-state index in [0.717, 1.165) is 36.4 Å². The Morgan fingerprint density at radius 1 is 1.44 bits per heavy atom. The highest BCUT2D eigenvalue weighted by atomic mass is 35.5. The second kappa shape index (κ2) is 5.32. The van der Waals surface area contributed by atoms with Crippen LogP contribution < -0.4 is 0 Å². The summed E-state index contributed by atoms with van der Waals surface area (Å²) >= 11 is 5.67. The number of aromatic amines is 1. The van der Waals surface area contributed by atoms with Crippen LogP contribution in [0.5, 0.6) is 0 Å². The second-order valence-corrected chi connectivity index (χ2v) is 4.41. The number of aromatic nitrogens is 2. The molecule has 86 valence electrons. The first-order valence-electron chi connectivity index (χ1n) is 5.46. The SMILES string of the molecule is CN(CCCCl)Cc1ccc2nc[nH]c2c1. The minimum Gasteiger partial charge on any atom is -0.345 e. The Morgan fingerprint density at radius 3 is 3.12 bits per heavy atom. The summed E-state index contributed by atoms with van der Waals surface area (Å²) in [7, 11) is 2.11. The number of nitrogens with zero attached hydrogens (tertiary/aromatic N) is 2. The molecule has 0 spiro atoms. The number of imidazole rings is 1. The maximum absolute atomic E-state index is 5.67. The first-order valence-corrected chi connectivity index (χ1v) is 5.99. The van der Waals surface area contributed by atoms with Gasteiger partial charge in [-0.1, -0.05) is 6.07 Å². The van der Waals surface area contributed by atoms with Crippen molar-refractivity contribution in [2.75, 3.05) is 19.5 Å². The Balaban J connectivity index is 2.03. The Labute approximate surface area is 100 Å². The van der Waals surface area contributed by atoms with Gasteiger partial charge in [0, 0.05) is 12.4 Å². The normalized spacial score (nSPS) is 11.4. The molecule has 0 aliphatic heterocycles. The van der Waals surface area contributed by atoms with Gasteiger partial charge in [0.2, 0.25) is 0 Å². The number of rotatable bonds is 5. The molecule has 0 aliphatic rings.